The van der Waals surface area contributed by atoms with Gasteiger partial charge in [-0.15, -0.1) is 10.2 Å². The molecule has 2 aromatic carbocycles. The molecule has 0 unspecified atom stereocenters. The van der Waals surface area contributed by atoms with Gasteiger partial charge in [-0.25, -0.2) is 0 Å². The van der Waals surface area contributed by atoms with Gasteiger partial charge in [0.15, 0.2) is 0 Å². The first-order chi connectivity index (χ1) is 13.0. The second kappa shape index (κ2) is 7.02. The molecule has 0 amide bonds. The Morgan fingerprint density at radius 1 is 1.04 bits per heavy atom. The van der Waals surface area contributed by atoms with Gasteiger partial charge >= 0.3 is 6.18 Å². The van der Waals surface area contributed by atoms with Crippen LogP contribution in [0.4, 0.5) is 24.5 Å². The lowest BCUT2D eigenvalue weighted by molar-refractivity contribution is -0.137. The van der Waals surface area contributed by atoms with Crippen molar-refractivity contribution in [2.24, 2.45) is 5.92 Å². The Bertz CT molecular complexity index is 914. The molecule has 1 aliphatic carbocycles. The van der Waals surface area contributed by atoms with Crippen molar-refractivity contribution in [3.63, 3.8) is 0 Å². The Labute approximate surface area is 154 Å². The third-order valence-electron chi connectivity index (χ3n) is 4.76. The quantitative estimate of drug-likeness (QED) is 0.691. The van der Waals surface area contributed by atoms with Crippen LogP contribution < -0.4 is 5.32 Å². The third kappa shape index (κ3) is 3.94. The molecule has 1 aliphatic rings. The van der Waals surface area contributed by atoms with Gasteiger partial charge in [0.2, 0.25) is 5.82 Å². The second-order valence-corrected chi connectivity index (χ2v) is 6.71. The molecule has 3 aromatic rings. The molecule has 0 radical (unpaired) electrons. The van der Waals surface area contributed by atoms with Crippen LogP contribution in [0.1, 0.15) is 24.8 Å². The van der Waals surface area contributed by atoms with Crippen molar-refractivity contribution in [3.05, 3.63) is 54.1 Å². The number of rotatable bonds is 5. The average Bonchev–Trinajstić information content (AvgIpc) is 3.07. The maximum Gasteiger partial charge on any atom is 0.416 e. The first kappa shape index (κ1) is 17.5. The molecule has 1 saturated carbocycles. The minimum absolute atomic E-state index is 0.490. The van der Waals surface area contributed by atoms with Crippen LogP contribution in [0.3, 0.4) is 0 Å². The van der Waals surface area contributed by atoms with Crippen molar-refractivity contribution in [3.8, 4) is 11.4 Å². The summed E-state index contributed by atoms with van der Waals surface area (Å²) in [4.78, 5) is 1.62. The molecule has 140 valence electrons. The van der Waals surface area contributed by atoms with Crippen LogP contribution in [0, 0.1) is 5.92 Å². The molecule has 5 nitrogen and oxygen atoms in total. The number of halogens is 3. The molecular formula is C19H18F3N5. The smallest absolute Gasteiger partial charge is 0.355 e. The summed E-state index contributed by atoms with van der Waals surface area (Å²) in [6, 6.07) is 12.3. The SMILES string of the molecule is FC(F)(F)c1ccc(Nc2ccccc2-c2nnn(CC3CCC3)n2)cc1. The summed E-state index contributed by atoms with van der Waals surface area (Å²) in [6.07, 6.45) is -0.697. The van der Waals surface area contributed by atoms with Crippen molar-refractivity contribution in [1.82, 2.24) is 20.2 Å². The lowest BCUT2D eigenvalue weighted by Gasteiger charge is -2.23. The number of benzene rings is 2. The van der Waals surface area contributed by atoms with E-state index in [1.807, 2.05) is 24.3 Å². The predicted octanol–water partition coefficient (Wildman–Crippen LogP) is 4.90. The minimum Gasteiger partial charge on any atom is -0.355 e. The van der Waals surface area contributed by atoms with Crippen LogP contribution in [0.25, 0.3) is 11.4 Å². The van der Waals surface area contributed by atoms with Gasteiger partial charge in [0.1, 0.15) is 0 Å². The van der Waals surface area contributed by atoms with E-state index in [0.29, 0.717) is 23.1 Å². The molecule has 0 saturated heterocycles. The number of hydrogen-bond donors (Lipinski definition) is 1. The lowest BCUT2D eigenvalue weighted by Crippen LogP contribution is -2.19. The fraction of sp³-hybridized carbons (Fsp3) is 0.316. The van der Waals surface area contributed by atoms with E-state index in [9.17, 15) is 13.2 Å². The number of hydrogen-bond acceptors (Lipinski definition) is 4. The molecule has 1 heterocycles. The number of tetrazole rings is 1. The summed E-state index contributed by atoms with van der Waals surface area (Å²) in [5, 5.41) is 15.9. The summed E-state index contributed by atoms with van der Waals surface area (Å²) in [5.74, 6) is 1.11. The number of para-hydroxylation sites is 1. The van der Waals surface area contributed by atoms with Gasteiger partial charge in [-0.3, -0.25) is 0 Å². The lowest BCUT2D eigenvalue weighted by atomic mass is 9.86. The van der Waals surface area contributed by atoms with Crippen molar-refractivity contribution in [2.75, 3.05) is 5.32 Å². The maximum atomic E-state index is 12.7. The predicted molar refractivity (Wildman–Crippen MR) is 95.3 cm³/mol. The van der Waals surface area contributed by atoms with Crippen LogP contribution in [0.15, 0.2) is 48.5 Å². The molecule has 27 heavy (non-hydrogen) atoms. The average molecular weight is 373 g/mol. The normalized spacial score (nSPS) is 14.8. The Morgan fingerprint density at radius 2 is 1.78 bits per heavy atom. The van der Waals surface area contributed by atoms with E-state index in [-0.39, 0.29) is 0 Å². The maximum absolute atomic E-state index is 12.7. The van der Waals surface area contributed by atoms with E-state index in [4.69, 9.17) is 0 Å². The third-order valence-corrected chi connectivity index (χ3v) is 4.76. The van der Waals surface area contributed by atoms with E-state index in [1.165, 1.54) is 31.4 Å². The van der Waals surface area contributed by atoms with E-state index in [0.717, 1.165) is 24.2 Å². The van der Waals surface area contributed by atoms with Gasteiger partial charge in [0, 0.05) is 16.9 Å². The van der Waals surface area contributed by atoms with Gasteiger partial charge in [-0.2, -0.15) is 18.0 Å². The molecule has 0 bridgehead atoms. The van der Waals surface area contributed by atoms with Crippen molar-refractivity contribution in [1.29, 1.82) is 0 Å². The van der Waals surface area contributed by atoms with Crippen molar-refractivity contribution in [2.45, 2.75) is 32.0 Å². The number of aromatic nitrogens is 4. The topological polar surface area (TPSA) is 55.6 Å². The molecule has 1 fully saturated rings. The highest BCUT2D eigenvalue weighted by atomic mass is 19.4. The van der Waals surface area contributed by atoms with Crippen LogP contribution >= 0.6 is 0 Å². The van der Waals surface area contributed by atoms with Crippen LogP contribution in [-0.4, -0.2) is 20.2 Å². The molecule has 1 aromatic heterocycles. The highest BCUT2D eigenvalue weighted by Gasteiger charge is 2.30. The van der Waals surface area contributed by atoms with E-state index in [1.54, 1.807) is 4.80 Å². The number of anilines is 2. The molecule has 0 atom stereocenters. The zero-order valence-corrected chi connectivity index (χ0v) is 14.4. The fourth-order valence-corrected chi connectivity index (χ4v) is 3.02. The fourth-order valence-electron chi connectivity index (χ4n) is 3.02. The summed E-state index contributed by atoms with van der Waals surface area (Å²) in [5.41, 5.74) is 1.33. The largest absolute Gasteiger partial charge is 0.416 e. The monoisotopic (exact) mass is 373 g/mol. The molecular weight excluding hydrogens is 355 g/mol. The van der Waals surface area contributed by atoms with Crippen LogP contribution in [-0.2, 0) is 12.7 Å². The van der Waals surface area contributed by atoms with Crippen LogP contribution in [0.5, 0.6) is 0 Å². The van der Waals surface area contributed by atoms with E-state index in [2.05, 4.69) is 20.7 Å². The Balaban J connectivity index is 1.54. The summed E-state index contributed by atoms with van der Waals surface area (Å²) in [7, 11) is 0. The molecule has 1 N–H and O–H groups in total. The Hall–Kier alpha value is -2.90. The van der Waals surface area contributed by atoms with Gasteiger partial charge in [0.25, 0.3) is 0 Å². The van der Waals surface area contributed by atoms with E-state index >= 15 is 0 Å². The highest BCUT2D eigenvalue weighted by Crippen LogP contribution is 2.32. The van der Waals surface area contributed by atoms with E-state index < -0.39 is 11.7 Å². The summed E-state index contributed by atoms with van der Waals surface area (Å²) < 4.78 is 38.1. The molecule has 8 heteroatoms. The first-order valence-electron chi connectivity index (χ1n) is 8.80. The molecule has 4 rings (SSSR count). The molecule has 0 aliphatic heterocycles. The zero-order chi connectivity index (χ0) is 18.9. The van der Waals surface area contributed by atoms with Gasteiger partial charge in [-0.1, -0.05) is 18.6 Å². The minimum atomic E-state index is -4.35. The number of alkyl halides is 3. The van der Waals surface area contributed by atoms with Gasteiger partial charge < -0.3 is 5.32 Å². The first-order valence-corrected chi connectivity index (χ1v) is 8.80. The zero-order valence-electron chi connectivity index (χ0n) is 14.4. The van der Waals surface area contributed by atoms with Gasteiger partial charge in [-0.05, 0) is 60.4 Å². The standard InChI is InChI=1S/C19H18F3N5/c20-19(21,22)14-8-10-15(11-9-14)23-17-7-2-1-6-16(17)18-24-26-27(25-18)12-13-4-3-5-13/h1-2,6-11,13,23H,3-5,12H2. The van der Waals surface area contributed by atoms with Crippen molar-refractivity contribution < 1.29 is 13.2 Å². The number of nitrogens with zero attached hydrogens (tertiary/aromatic N) is 4. The second-order valence-electron chi connectivity index (χ2n) is 6.71. The summed E-state index contributed by atoms with van der Waals surface area (Å²) in [6.45, 7) is 0.765. The van der Waals surface area contributed by atoms with Crippen molar-refractivity contribution >= 4 is 11.4 Å². The highest BCUT2D eigenvalue weighted by molar-refractivity contribution is 5.77. The Morgan fingerprint density at radius 3 is 2.44 bits per heavy atom. The number of nitrogens with one attached hydrogen (secondary N) is 1. The Kier molecular flexibility index (Phi) is 4.55. The van der Waals surface area contributed by atoms with Crippen LogP contribution in [0.2, 0.25) is 0 Å². The van der Waals surface area contributed by atoms with Gasteiger partial charge in [0.05, 0.1) is 12.1 Å². The molecule has 0 spiro atoms. The summed E-state index contributed by atoms with van der Waals surface area (Å²) >= 11 is 0.